The number of carbonyl (C=O) groups excluding carboxylic acids is 2. The highest BCUT2D eigenvalue weighted by Gasteiger charge is 2.51. The minimum absolute atomic E-state index is 0.0995. The molecule has 0 amide bonds. The van der Waals surface area contributed by atoms with Crippen LogP contribution in [0, 0.1) is 18.8 Å². The van der Waals surface area contributed by atoms with Gasteiger partial charge >= 0.3 is 5.97 Å². The molecule has 9 heteroatoms. The standard InChI is InChI=1S/C29H34N4O5/c1-3-18-12-19(26-21(25(18)35)9-11-37-26)8-10-29(20-6-4-5-7-20)14-23(34)22(27(36)38-29)13-24-31-28-30-15-17(2)16-33(28)32-24/h12,15-16,20,22,35H,3-11,13-14H2,1-2H3. The molecule has 38 heavy (non-hydrogen) atoms. The van der Waals surface area contributed by atoms with Crippen LogP contribution in [-0.2, 0) is 40.0 Å². The molecular formula is C29H34N4O5. The summed E-state index contributed by atoms with van der Waals surface area (Å²) in [6.07, 6.45) is 10.5. The zero-order valence-electron chi connectivity index (χ0n) is 22.0. The first kappa shape index (κ1) is 24.8. The highest BCUT2D eigenvalue weighted by Crippen LogP contribution is 2.47. The molecule has 200 valence electrons. The zero-order valence-corrected chi connectivity index (χ0v) is 22.0. The van der Waals surface area contributed by atoms with Crippen molar-refractivity contribution in [3.05, 3.63) is 46.5 Å². The minimum Gasteiger partial charge on any atom is -0.507 e. The molecule has 1 saturated heterocycles. The Morgan fingerprint density at radius 2 is 2.03 bits per heavy atom. The van der Waals surface area contributed by atoms with Gasteiger partial charge in [-0.2, -0.15) is 4.98 Å². The number of fused-ring (bicyclic) bond motifs is 2. The first-order valence-electron chi connectivity index (χ1n) is 13.8. The molecule has 2 aromatic heterocycles. The van der Waals surface area contributed by atoms with Gasteiger partial charge in [-0.25, -0.2) is 9.50 Å². The summed E-state index contributed by atoms with van der Waals surface area (Å²) >= 11 is 0. The summed E-state index contributed by atoms with van der Waals surface area (Å²) < 4.78 is 13.8. The second kappa shape index (κ2) is 9.67. The third-order valence-corrected chi connectivity index (χ3v) is 8.60. The molecule has 2 unspecified atom stereocenters. The van der Waals surface area contributed by atoms with Crippen LogP contribution in [0.25, 0.3) is 5.78 Å². The van der Waals surface area contributed by atoms with E-state index in [0.29, 0.717) is 43.2 Å². The van der Waals surface area contributed by atoms with Gasteiger partial charge in [-0.05, 0) is 67.7 Å². The predicted molar refractivity (Wildman–Crippen MR) is 138 cm³/mol. The number of phenolic OH excluding ortho intramolecular Hbond substituents is 1. The summed E-state index contributed by atoms with van der Waals surface area (Å²) in [7, 11) is 0. The smallest absolute Gasteiger partial charge is 0.317 e. The van der Waals surface area contributed by atoms with Gasteiger partial charge in [0.1, 0.15) is 23.0 Å². The lowest BCUT2D eigenvalue weighted by Crippen LogP contribution is -2.52. The fourth-order valence-electron chi connectivity index (χ4n) is 6.57. The maximum Gasteiger partial charge on any atom is 0.317 e. The first-order valence-corrected chi connectivity index (χ1v) is 13.8. The summed E-state index contributed by atoms with van der Waals surface area (Å²) in [6.45, 7) is 4.50. The van der Waals surface area contributed by atoms with E-state index in [2.05, 4.69) is 15.1 Å². The van der Waals surface area contributed by atoms with Crippen molar-refractivity contribution >= 4 is 17.5 Å². The second-order valence-electron chi connectivity index (χ2n) is 11.1. The van der Waals surface area contributed by atoms with E-state index in [1.165, 1.54) is 0 Å². The predicted octanol–water partition coefficient (Wildman–Crippen LogP) is 3.87. The molecule has 1 aromatic carbocycles. The Bertz CT molecular complexity index is 1390. The number of carbonyl (C=O) groups is 2. The van der Waals surface area contributed by atoms with Gasteiger partial charge in [-0.3, -0.25) is 9.59 Å². The molecule has 1 N–H and O–H groups in total. The Morgan fingerprint density at radius 3 is 2.79 bits per heavy atom. The van der Waals surface area contributed by atoms with Crippen molar-refractivity contribution in [2.45, 2.75) is 83.7 Å². The van der Waals surface area contributed by atoms with Gasteiger partial charge in [-0.15, -0.1) is 5.10 Å². The fourth-order valence-corrected chi connectivity index (χ4v) is 6.57. The Kier molecular flexibility index (Phi) is 6.32. The van der Waals surface area contributed by atoms with Gasteiger partial charge in [0.15, 0.2) is 11.6 Å². The molecule has 4 heterocycles. The summed E-state index contributed by atoms with van der Waals surface area (Å²) in [5.41, 5.74) is 2.92. The number of cyclic esters (lactones) is 1. The van der Waals surface area contributed by atoms with Crippen molar-refractivity contribution in [2.24, 2.45) is 11.8 Å². The van der Waals surface area contributed by atoms with Crippen LogP contribution >= 0.6 is 0 Å². The molecule has 9 nitrogen and oxygen atoms in total. The molecule has 2 atom stereocenters. The highest BCUT2D eigenvalue weighted by atomic mass is 16.6. The van der Waals surface area contributed by atoms with Crippen molar-refractivity contribution in [1.82, 2.24) is 19.6 Å². The number of Topliss-reactive ketones (excluding diaryl/α,β-unsaturated/α-hetero) is 1. The number of ether oxygens (including phenoxy) is 2. The lowest BCUT2D eigenvalue weighted by molar-refractivity contribution is -0.185. The summed E-state index contributed by atoms with van der Waals surface area (Å²) in [6, 6.07) is 2.02. The number of aryl methyl sites for hydroxylation is 3. The minimum atomic E-state index is -0.906. The number of esters is 1. The lowest BCUT2D eigenvalue weighted by atomic mass is 9.73. The first-order chi connectivity index (χ1) is 18.4. The van der Waals surface area contributed by atoms with Gasteiger partial charge in [0, 0.05) is 37.2 Å². The van der Waals surface area contributed by atoms with E-state index < -0.39 is 17.5 Å². The monoisotopic (exact) mass is 518 g/mol. The normalized spacial score (nSPS) is 23.6. The molecule has 2 aliphatic heterocycles. The number of rotatable bonds is 7. The maximum atomic E-state index is 13.6. The number of aromatic hydroxyl groups is 1. The number of ketones is 1. The number of benzene rings is 1. The van der Waals surface area contributed by atoms with Crippen molar-refractivity contribution in [3.8, 4) is 11.5 Å². The molecule has 0 bridgehead atoms. The van der Waals surface area contributed by atoms with Crippen molar-refractivity contribution < 1.29 is 24.2 Å². The molecule has 3 aromatic rings. The molecule has 0 radical (unpaired) electrons. The molecule has 0 spiro atoms. The van der Waals surface area contributed by atoms with Gasteiger partial charge in [-0.1, -0.05) is 19.8 Å². The van der Waals surface area contributed by atoms with E-state index in [1.807, 2.05) is 26.1 Å². The average Bonchev–Trinajstić information content (AvgIpc) is 3.67. The van der Waals surface area contributed by atoms with Crippen LogP contribution in [0.15, 0.2) is 18.5 Å². The highest BCUT2D eigenvalue weighted by molar-refractivity contribution is 6.01. The Balaban J connectivity index is 1.24. The number of hydrogen-bond donors (Lipinski definition) is 1. The summed E-state index contributed by atoms with van der Waals surface area (Å²) in [4.78, 5) is 35.6. The van der Waals surface area contributed by atoms with Crippen molar-refractivity contribution in [2.75, 3.05) is 6.61 Å². The van der Waals surface area contributed by atoms with Crippen molar-refractivity contribution in [3.63, 3.8) is 0 Å². The maximum absolute atomic E-state index is 13.6. The molecule has 1 aliphatic carbocycles. The average molecular weight is 519 g/mol. The van der Waals surface area contributed by atoms with Gasteiger partial charge < -0.3 is 14.6 Å². The van der Waals surface area contributed by atoms with Crippen molar-refractivity contribution in [1.29, 1.82) is 0 Å². The topological polar surface area (TPSA) is 116 Å². The molecular weight excluding hydrogens is 484 g/mol. The molecule has 3 aliphatic rings. The molecule has 6 rings (SSSR count). The number of nitrogens with zero attached hydrogens (tertiary/aromatic N) is 4. The number of phenols is 1. The van der Waals surface area contributed by atoms with Crippen LogP contribution in [-0.4, -0.2) is 48.6 Å². The Labute approximate surface area is 221 Å². The third kappa shape index (κ3) is 4.31. The van der Waals surface area contributed by atoms with E-state index in [0.717, 1.165) is 60.1 Å². The Morgan fingerprint density at radius 1 is 1.21 bits per heavy atom. The van der Waals surface area contributed by atoms with Crippen LogP contribution in [0.1, 0.15) is 73.5 Å². The van der Waals surface area contributed by atoms with E-state index in [1.54, 1.807) is 10.7 Å². The fraction of sp³-hybridized carbons (Fsp3) is 0.552. The van der Waals surface area contributed by atoms with Crippen LogP contribution in [0.3, 0.4) is 0 Å². The zero-order chi connectivity index (χ0) is 26.4. The molecule has 2 fully saturated rings. The summed E-state index contributed by atoms with van der Waals surface area (Å²) in [5, 5.41) is 15.1. The van der Waals surface area contributed by atoms with E-state index >= 15 is 0 Å². The summed E-state index contributed by atoms with van der Waals surface area (Å²) in [5.74, 6) is 0.629. The van der Waals surface area contributed by atoms with E-state index in [9.17, 15) is 14.7 Å². The Hall–Kier alpha value is -3.49. The van der Waals surface area contributed by atoms with Gasteiger partial charge in [0.25, 0.3) is 5.78 Å². The quantitative estimate of drug-likeness (QED) is 0.370. The lowest BCUT2D eigenvalue weighted by Gasteiger charge is -2.43. The number of aromatic nitrogens is 4. The number of hydrogen-bond acceptors (Lipinski definition) is 8. The van der Waals surface area contributed by atoms with Gasteiger partial charge in [0.2, 0.25) is 0 Å². The second-order valence-corrected chi connectivity index (χ2v) is 11.1. The van der Waals surface area contributed by atoms with Crippen LogP contribution in [0.4, 0.5) is 0 Å². The van der Waals surface area contributed by atoms with Crippen LogP contribution in [0.5, 0.6) is 11.5 Å². The SMILES string of the molecule is CCc1cc(CCC2(C3CCCC3)CC(=O)C(Cc3nc4ncc(C)cn4n3)C(=O)O2)c2c(c1O)CCO2. The van der Waals surface area contributed by atoms with Crippen LogP contribution in [0.2, 0.25) is 0 Å². The van der Waals surface area contributed by atoms with Gasteiger partial charge in [0.05, 0.1) is 6.61 Å². The van der Waals surface area contributed by atoms with Crippen LogP contribution < -0.4 is 4.74 Å². The third-order valence-electron chi connectivity index (χ3n) is 8.60. The largest absolute Gasteiger partial charge is 0.507 e. The van der Waals surface area contributed by atoms with E-state index in [-0.39, 0.29) is 24.5 Å². The molecule has 1 saturated carbocycles. The van der Waals surface area contributed by atoms with E-state index in [4.69, 9.17) is 9.47 Å².